The second-order valence-corrected chi connectivity index (χ2v) is 6.78. The Bertz CT molecular complexity index is 460. The van der Waals surface area contributed by atoms with Gasteiger partial charge in [-0.2, -0.15) is 0 Å². The molecule has 2 N–H and O–H groups in total. The molecule has 2 atom stereocenters. The van der Waals surface area contributed by atoms with Gasteiger partial charge >= 0.3 is 0 Å². The minimum atomic E-state index is 0.0744. The lowest BCUT2D eigenvalue weighted by atomic mass is 10.1. The molecule has 1 aromatic rings. The lowest BCUT2D eigenvalue weighted by molar-refractivity contribution is -0.135. The van der Waals surface area contributed by atoms with Crippen molar-refractivity contribution < 1.29 is 4.79 Å². The van der Waals surface area contributed by atoms with Crippen molar-refractivity contribution in [2.45, 2.75) is 31.8 Å². The van der Waals surface area contributed by atoms with Gasteiger partial charge in [0, 0.05) is 23.4 Å². The standard InChI is InChI=1S/C14H19ClN2OS/c1-2-7-17(9-12-5-6-13(15)19-12)14(18)10-3-4-11(16)8-10/h2,5-6,10-11H,1,3-4,7-9,16H2/t10-,11+/m0/s1. The highest BCUT2D eigenvalue weighted by molar-refractivity contribution is 7.16. The fraction of sp³-hybridized carbons (Fsp3) is 0.500. The Morgan fingerprint density at radius 3 is 2.89 bits per heavy atom. The quantitative estimate of drug-likeness (QED) is 0.849. The molecule has 0 aliphatic heterocycles. The summed E-state index contributed by atoms with van der Waals surface area (Å²) in [4.78, 5) is 15.4. The minimum absolute atomic E-state index is 0.0744. The summed E-state index contributed by atoms with van der Waals surface area (Å²) in [6.45, 7) is 4.90. The van der Waals surface area contributed by atoms with E-state index in [-0.39, 0.29) is 17.9 Å². The SMILES string of the molecule is C=CCN(Cc1ccc(Cl)s1)C(=O)[C@H]1CC[C@@H](N)C1. The maximum Gasteiger partial charge on any atom is 0.226 e. The minimum Gasteiger partial charge on any atom is -0.334 e. The van der Waals surface area contributed by atoms with Crippen molar-refractivity contribution >= 4 is 28.8 Å². The molecule has 1 heterocycles. The summed E-state index contributed by atoms with van der Waals surface area (Å²) in [6.07, 6.45) is 4.42. The predicted molar refractivity (Wildman–Crippen MR) is 80.3 cm³/mol. The van der Waals surface area contributed by atoms with Gasteiger partial charge in [0.25, 0.3) is 0 Å². The van der Waals surface area contributed by atoms with E-state index in [1.54, 1.807) is 6.08 Å². The van der Waals surface area contributed by atoms with Crippen molar-refractivity contribution in [3.05, 3.63) is 34.0 Å². The monoisotopic (exact) mass is 298 g/mol. The van der Waals surface area contributed by atoms with E-state index in [0.717, 1.165) is 28.5 Å². The number of nitrogens with zero attached hydrogens (tertiary/aromatic N) is 1. The van der Waals surface area contributed by atoms with Crippen LogP contribution in [0, 0.1) is 5.92 Å². The van der Waals surface area contributed by atoms with E-state index >= 15 is 0 Å². The van der Waals surface area contributed by atoms with E-state index in [1.165, 1.54) is 11.3 Å². The molecule has 0 unspecified atom stereocenters. The number of amides is 1. The van der Waals surface area contributed by atoms with Gasteiger partial charge in [0.1, 0.15) is 0 Å². The van der Waals surface area contributed by atoms with Crippen molar-refractivity contribution in [3.63, 3.8) is 0 Å². The van der Waals surface area contributed by atoms with Crippen LogP contribution in [0.4, 0.5) is 0 Å². The van der Waals surface area contributed by atoms with E-state index in [9.17, 15) is 4.79 Å². The molecule has 1 aliphatic carbocycles. The summed E-state index contributed by atoms with van der Waals surface area (Å²) in [7, 11) is 0. The third-order valence-electron chi connectivity index (χ3n) is 3.46. The van der Waals surface area contributed by atoms with E-state index in [2.05, 4.69) is 6.58 Å². The molecule has 1 fully saturated rings. The number of hydrogen-bond donors (Lipinski definition) is 1. The molecule has 1 aromatic heterocycles. The van der Waals surface area contributed by atoms with Crippen LogP contribution in [0.15, 0.2) is 24.8 Å². The molecule has 3 nitrogen and oxygen atoms in total. The Balaban J connectivity index is 2.02. The average Bonchev–Trinajstić information content (AvgIpc) is 2.97. The summed E-state index contributed by atoms with van der Waals surface area (Å²) in [5, 5.41) is 0. The highest BCUT2D eigenvalue weighted by atomic mass is 35.5. The second-order valence-electron chi connectivity index (χ2n) is 4.98. The zero-order valence-corrected chi connectivity index (χ0v) is 12.4. The van der Waals surface area contributed by atoms with Crippen LogP contribution in [0.5, 0.6) is 0 Å². The normalized spacial score (nSPS) is 22.4. The summed E-state index contributed by atoms with van der Waals surface area (Å²) in [5.41, 5.74) is 5.89. The zero-order chi connectivity index (χ0) is 13.8. The molecule has 5 heteroatoms. The molecule has 104 valence electrons. The van der Waals surface area contributed by atoms with Crippen LogP contribution in [0.3, 0.4) is 0 Å². The number of rotatable bonds is 5. The van der Waals surface area contributed by atoms with Gasteiger partial charge in [-0.3, -0.25) is 4.79 Å². The first-order valence-corrected chi connectivity index (χ1v) is 7.69. The van der Waals surface area contributed by atoms with E-state index in [1.807, 2.05) is 17.0 Å². The van der Waals surface area contributed by atoms with E-state index in [0.29, 0.717) is 13.1 Å². The highest BCUT2D eigenvalue weighted by Crippen LogP contribution is 2.28. The fourth-order valence-electron chi connectivity index (χ4n) is 2.51. The Kier molecular flexibility index (Phi) is 5.02. The Labute approximate surface area is 123 Å². The first-order valence-electron chi connectivity index (χ1n) is 6.49. The van der Waals surface area contributed by atoms with Crippen molar-refractivity contribution in [2.75, 3.05) is 6.54 Å². The van der Waals surface area contributed by atoms with Gasteiger partial charge < -0.3 is 10.6 Å². The van der Waals surface area contributed by atoms with Gasteiger partial charge in [-0.1, -0.05) is 17.7 Å². The highest BCUT2D eigenvalue weighted by Gasteiger charge is 2.30. The lowest BCUT2D eigenvalue weighted by Crippen LogP contribution is -2.35. The molecule has 2 rings (SSSR count). The van der Waals surface area contributed by atoms with Crippen LogP contribution in [0.1, 0.15) is 24.1 Å². The first-order chi connectivity index (χ1) is 9.10. The maximum atomic E-state index is 12.5. The summed E-state index contributed by atoms with van der Waals surface area (Å²) in [6, 6.07) is 4.01. The van der Waals surface area contributed by atoms with Crippen LogP contribution in [0.2, 0.25) is 4.34 Å². The number of nitrogens with two attached hydrogens (primary N) is 1. The van der Waals surface area contributed by atoms with E-state index in [4.69, 9.17) is 17.3 Å². The largest absolute Gasteiger partial charge is 0.334 e. The molecule has 1 saturated carbocycles. The van der Waals surface area contributed by atoms with Crippen molar-refractivity contribution in [1.29, 1.82) is 0 Å². The number of carbonyl (C=O) groups is 1. The number of carbonyl (C=O) groups excluding carboxylic acids is 1. The van der Waals surface area contributed by atoms with Crippen LogP contribution >= 0.6 is 22.9 Å². The van der Waals surface area contributed by atoms with Crippen LogP contribution < -0.4 is 5.73 Å². The Hall–Kier alpha value is -0.840. The third-order valence-corrected chi connectivity index (χ3v) is 4.68. The van der Waals surface area contributed by atoms with Crippen LogP contribution in [-0.4, -0.2) is 23.4 Å². The van der Waals surface area contributed by atoms with Gasteiger partial charge in [0.15, 0.2) is 0 Å². The topological polar surface area (TPSA) is 46.3 Å². The number of hydrogen-bond acceptors (Lipinski definition) is 3. The molecular weight excluding hydrogens is 280 g/mol. The van der Waals surface area contributed by atoms with Crippen molar-refractivity contribution in [3.8, 4) is 0 Å². The first kappa shape index (κ1) is 14.6. The van der Waals surface area contributed by atoms with Gasteiger partial charge in [-0.05, 0) is 31.4 Å². The van der Waals surface area contributed by atoms with Crippen molar-refractivity contribution in [1.82, 2.24) is 4.90 Å². The average molecular weight is 299 g/mol. The smallest absolute Gasteiger partial charge is 0.226 e. The maximum absolute atomic E-state index is 12.5. The molecule has 19 heavy (non-hydrogen) atoms. The molecule has 0 bridgehead atoms. The molecule has 0 radical (unpaired) electrons. The molecule has 0 saturated heterocycles. The van der Waals surface area contributed by atoms with E-state index < -0.39 is 0 Å². The lowest BCUT2D eigenvalue weighted by Gasteiger charge is -2.24. The van der Waals surface area contributed by atoms with Crippen LogP contribution in [-0.2, 0) is 11.3 Å². The zero-order valence-electron chi connectivity index (χ0n) is 10.8. The fourth-order valence-corrected chi connectivity index (χ4v) is 3.62. The number of thiophene rings is 1. The van der Waals surface area contributed by atoms with Gasteiger partial charge in [-0.25, -0.2) is 0 Å². The van der Waals surface area contributed by atoms with Gasteiger partial charge in [0.05, 0.1) is 10.9 Å². The Morgan fingerprint density at radius 2 is 2.37 bits per heavy atom. The van der Waals surface area contributed by atoms with Crippen molar-refractivity contribution in [2.24, 2.45) is 11.7 Å². The van der Waals surface area contributed by atoms with Crippen LogP contribution in [0.25, 0.3) is 0 Å². The molecule has 0 spiro atoms. The summed E-state index contributed by atoms with van der Waals surface area (Å²) >= 11 is 7.44. The van der Waals surface area contributed by atoms with Gasteiger partial charge in [-0.15, -0.1) is 17.9 Å². The molecule has 0 aromatic carbocycles. The summed E-state index contributed by atoms with van der Waals surface area (Å²) in [5.74, 6) is 0.266. The molecule has 1 aliphatic rings. The number of halogens is 1. The third kappa shape index (κ3) is 3.81. The molecule has 1 amide bonds. The predicted octanol–water partition coefficient (Wildman–Crippen LogP) is 3.04. The molecular formula is C14H19ClN2OS. The Morgan fingerprint density at radius 1 is 1.58 bits per heavy atom. The van der Waals surface area contributed by atoms with Gasteiger partial charge in [0.2, 0.25) is 5.91 Å². The second kappa shape index (κ2) is 6.55. The summed E-state index contributed by atoms with van der Waals surface area (Å²) < 4.78 is 0.754.